The zero-order chi connectivity index (χ0) is 16.1. The number of nitrogens with two attached hydrogens (primary N) is 2. The molecule has 2 aromatic rings. The fourth-order valence-corrected chi connectivity index (χ4v) is 1.99. The molecule has 8 heteroatoms. The molecule has 0 amide bonds. The minimum absolute atomic E-state index is 0.00340. The van der Waals surface area contributed by atoms with E-state index in [-0.39, 0.29) is 5.70 Å². The molecule has 0 atom stereocenters. The van der Waals surface area contributed by atoms with E-state index < -0.39 is 6.67 Å². The van der Waals surface area contributed by atoms with Crippen LogP contribution in [0.2, 0.25) is 5.02 Å². The number of ether oxygens (including phenoxy) is 1. The first-order valence-electron chi connectivity index (χ1n) is 6.27. The van der Waals surface area contributed by atoms with Crippen LogP contribution in [-0.4, -0.2) is 23.8 Å². The molecular formula is C14H15ClFN5O. The maximum Gasteiger partial charge on any atom is 0.216 e. The predicted molar refractivity (Wildman–Crippen MR) is 83.9 cm³/mol. The smallest absolute Gasteiger partial charge is 0.216 e. The van der Waals surface area contributed by atoms with E-state index in [9.17, 15) is 4.39 Å². The SMILES string of the molecule is COc1cc(-c2cc(Cl)ccc2N(N)/C=C(\N)CF)ncn1. The van der Waals surface area contributed by atoms with Gasteiger partial charge in [-0.2, -0.15) is 0 Å². The van der Waals surface area contributed by atoms with Crippen LogP contribution in [0.5, 0.6) is 5.88 Å². The number of methoxy groups -OCH3 is 1. The number of allylic oxidation sites excluding steroid dienone is 1. The molecule has 22 heavy (non-hydrogen) atoms. The van der Waals surface area contributed by atoms with Gasteiger partial charge in [0.2, 0.25) is 5.88 Å². The van der Waals surface area contributed by atoms with Gasteiger partial charge in [0.15, 0.2) is 0 Å². The summed E-state index contributed by atoms with van der Waals surface area (Å²) in [5.74, 6) is 6.32. The summed E-state index contributed by atoms with van der Waals surface area (Å²) in [5.41, 5.74) is 7.23. The molecule has 0 spiro atoms. The fourth-order valence-electron chi connectivity index (χ4n) is 1.82. The van der Waals surface area contributed by atoms with Crippen LogP contribution < -0.4 is 21.3 Å². The van der Waals surface area contributed by atoms with Gasteiger partial charge in [-0.3, -0.25) is 5.01 Å². The summed E-state index contributed by atoms with van der Waals surface area (Å²) >= 11 is 6.04. The Morgan fingerprint density at radius 1 is 1.41 bits per heavy atom. The molecule has 0 radical (unpaired) electrons. The summed E-state index contributed by atoms with van der Waals surface area (Å²) in [6.07, 6.45) is 2.66. The molecule has 116 valence electrons. The molecule has 1 heterocycles. The first kappa shape index (κ1) is 16.0. The molecule has 0 bridgehead atoms. The highest BCUT2D eigenvalue weighted by Crippen LogP contribution is 2.32. The van der Waals surface area contributed by atoms with E-state index in [4.69, 9.17) is 27.9 Å². The van der Waals surface area contributed by atoms with Crippen molar-refractivity contribution in [3.63, 3.8) is 0 Å². The topological polar surface area (TPSA) is 90.3 Å². The number of anilines is 1. The highest BCUT2D eigenvalue weighted by atomic mass is 35.5. The van der Waals surface area contributed by atoms with Crippen molar-refractivity contribution in [3.05, 3.63) is 47.5 Å². The van der Waals surface area contributed by atoms with E-state index in [1.54, 1.807) is 24.3 Å². The Labute approximate surface area is 132 Å². The van der Waals surface area contributed by atoms with Crippen LogP contribution in [0, 0.1) is 0 Å². The lowest BCUT2D eigenvalue weighted by Crippen LogP contribution is -2.27. The molecule has 0 aliphatic rings. The molecule has 0 saturated carbocycles. The molecule has 0 aliphatic carbocycles. The summed E-state index contributed by atoms with van der Waals surface area (Å²) in [7, 11) is 1.50. The molecule has 1 aromatic carbocycles. The molecular weight excluding hydrogens is 309 g/mol. The van der Waals surface area contributed by atoms with Crippen molar-refractivity contribution >= 4 is 17.3 Å². The Balaban J connectivity index is 2.52. The van der Waals surface area contributed by atoms with Crippen molar-refractivity contribution in [2.24, 2.45) is 11.6 Å². The van der Waals surface area contributed by atoms with Crippen LogP contribution in [-0.2, 0) is 0 Å². The van der Waals surface area contributed by atoms with Crippen LogP contribution in [0.3, 0.4) is 0 Å². The number of alkyl halides is 1. The lowest BCUT2D eigenvalue weighted by molar-refractivity contribution is 0.397. The van der Waals surface area contributed by atoms with Gasteiger partial charge in [-0.25, -0.2) is 20.2 Å². The van der Waals surface area contributed by atoms with Gasteiger partial charge >= 0.3 is 0 Å². The Morgan fingerprint density at radius 3 is 2.86 bits per heavy atom. The number of rotatable bonds is 5. The van der Waals surface area contributed by atoms with Crippen LogP contribution in [0.4, 0.5) is 10.1 Å². The maximum atomic E-state index is 12.5. The Hall–Kier alpha value is -2.38. The van der Waals surface area contributed by atoms with Crippen LogP contribution >= 0.6 is 11.6 Å². The summed E-state index contributed by atoms with van der Waals surface area (Å²) in [5, 5.41) is 1.72. The number of hydrogen-bond acceptors (Lipinski definition) is 6. The zero-order valence-corrected chi connectivity index (χ0v) is 12.6. The van der Waals surface area contributed by atoms with Gasteiger partial charge in [-0.15, -0.1) is 0 Å². The second-order valence-electron chi connectivity index (χ2n) is 4.35. The summed E-state index contributed by atoms with van der Waals surface area (Å²) < 4.78 is 17.6. The minimum atomic E-state index is -0.794. The largest absolute Gasteiger partial charge is 0.481 e. The van der Waals surface area contributed by atoms with Gasteiger partial charge in [-0.1, -0.05) is 11.6 Å². The number of nitrogens with zero attached hydrogens (tertiary/aromatic N) is 3. The van der Waals surface area contributed by atoms with Crippen molar-refractivity contribution in [2.45, 2.75) is 0 Å². The number of aromatic nitrogens is 2. The summed E-state index contributed by atoms with van der Waals surface area (Å²) in [6, 6.07) is 6.69. The van der Waals surface area contributed by atoms with Crippen molar-refractivity contribution in [3.8, 4) is 17.1 Å². The van der Waals surface area contributed by atoms with Gasteiger partial charge in [0, 0.05) is 22.9 Å². The van der Waals surface area contributed by atoms with Crippen molar-refractivity contribution in [2.75, 3.05) is 18.8 Å². The monoisotopic (exact) mass is 323 g/mol. The van der Waals surface area contributed by atoms with Crippen LogP contribution in [0.25, 0.3) is 11.3 Å². The second-order valence-corrected chi connectivity index (χ2v) is 4.79. The molecule has 1 aromatic heterocycles. The van der Waals surface area contributed by atoms with Crippen LogP contribution in [0.15, 0.2) is 42.5 Å². The van der Waals surface area contributed by atoms with Crippen molar-refractivity contribution < 1.29 is 9.13 Å². The Morgan fingerprint density at radius 2 is 2.18 bits per heavy atom. The average molecular weight is 324 g/mol. The number of benzene rings is 1. The molecule has 4 N–H and O–H groups in total. The Kier molecular flexibility index (Phi) is 5.13. The fraction of sp³-hybridized carbons (Fsp3) is 0.143. The van der Waals surface area contributed by atoms with E-state index in [2.05, 4.69) is 9.97 Å². The second kappa shape index (κ2) is 7.06. The van der Waals surface area contributed by atoms with E-state index in [1.807, 2.05) is 0 Å². The van der Waals surface area contributed by atoms with Gasteiger partial charge < -0.3 is 10.5 Å². The van der Waals surface area contributed by atoms with E-state index in [0.717, 1.165) is 0 Å². The molecule has 0 unspecified atom stereocenters. The first-order valence-corrected chi connectivity index (χ1v) is 6.65. The summed E-state index contributed by atoms with van der Waals surface area (Å²) in [4.78, 5) is 8.13. The van der Waals surface area contributed by atoms with Gasteiger partial charge in [0.1, 0.15) is 13.0 Å². The quantitative estimate of drug-likeness (QED) is 0.648. The van der Waals surface area contributed by atoms with E-state index in [1.165, 1.54) is 24.6 Å². The van der Waals surface area contributed by atoms with Crippen molar-refractivity contribution in [1.29, 1.82) is 0 Å². The zero-order valence-electron chi connectivity index (χ0n) is 11.8. The normalized spacial score (nSPS) is 11.4. The highest BCUT2D eigenvalue weighted by molar-refractivity contribution is 6.31. The van der Waals surface area contributed by atoms with E-state index >= 15 is 0 Å². The average Bonchev–Trinajstić information content (AvgIpc) is 2.54. The lowest BCUT2D eigenvalue weighted by Gasteiger charge is -2.19. The number of hydrazine groups is 1. The molecule has 6 nitrogen and oxygen atoms in total. The summed E-state index contributed by atoms with van der Waals surface area (Å²) in [6.45, 7) is -0.794. The predicted octanol–water partition coefficient (Wildman–Crippen LogP) is 2.26. The van der Waals surface area contributed by atoms with Gasteiger partial charge in [-0.05, 0) is 18.2 Å². The lowest BCUT2D eigenvalue weighted by atomic mass is 10.1. The molecule has 0 aliphatic heterocycles. The standard InChI is InChI=1S/C14H15ClFN5O/c1-22-14-5-12(19-8-20-14)11-4-9(15)2-3-13(11)21(18)7-10(17)6-16/h2-5,7-8H,6,17-18H2,1H3/b10-7-. The van der Waals surface area contributed by atoms with Crippen molar-refractivity contribution in [1.82, 2.24) is 9.97 Å². The third-order valence-electron chi connectivity index (χ3n) is 2.82. The third-order valence-corrected chi connectivity index (χ3v) is 3.06. The number of halogens is 2. The van der Waals surface area contributed by atoms with Gasteiger partial charge in [0.25, 0.3) is 0 Å². The number of hydrogen-bond donors (Lipinski definition) is 2. The van der Waals surface area contributed by atoms with Gasteiger partial charge in [0.05, 0.1) is 24.2 Å². The Bertz CT molecular complexity index is 695. The van der Waals surface area contributed by atoms with Crippen LogP contribution in [0.1, 0.15) is 0 Å². The molecule has 0 fully saturated rings. The van der Waals surface area contributed by atoms with E-state index in [0.29, 0.717) is 27.8 Å². The minimum Gasteiger partial charge on any atom is -0.481 e. The molecule has 0 saturated heterocycles. The highest BCUT2D eigenvalue weighted by Gasteiger charge is 2.12. The first-order chi connectivity index (χ1) is 10.5. The molecule has 2 rings (SSSR count). The third kappa shape index (κ3) is 3.63. The maximum absolute atomic E-state index is 12.5.